The molecule has 0 atom stereocenters. The zero-order chi connectivity index (χ0) is 19.4. The number of nitrogens with zero attached hydrogens (tertiary/aromatic N) is 2. The zero-order valence-electron chi connectivity index (χ0n) is 14.0. The van der Waals surface area contributed by atoms with E-state index in [2.05, 4.69) is 4.98 Å². The van der Waals surface area contributed by atoms with Crippen molar-refractivity contribution in [2.75, 3.05) is 0 Å². The lowest BCUT2D eigenvalue weighted by molar-refractivity contribution is 0.0729. The Morgan fingerprint density at radius 3 is 2.37 bits per heavy atom. The molecular weight excluding hydrogens is 393 g/mol. The highest BCUT2D eigenvalue weighted by atomic mass is 35.5. The van der Waals surface area contributed by atoms with Crippen LogP contribution < -0.4 is 0 Å². The fourth-order valence-corrected chi connectivity index (χ4v) is 3.10. The fraction of sp³-hybridized carbons (Fsp3) is 0.100. The van der Waals surface area contributed by atoms with Gasteiger partial charge in [-0.25, -0.2) is 8.78 Å². The number of hydrogen-bond acceptors (Lipinski definition) is 2. The topological polar surface area (TPSA) is 33.2 Å². The molecule has 3 nitrogen and oxygen atoms in total. The number of pyridine rings is 1. The fourth-order valence-electron chi connectivity index (χ4n) is 2.63. The molecule has 3 aromatic rings. The molecule has 0 fully saturated rings. The molecule has 7 heteroatoms. The minimum atomic E-state index is -0.816. The Bertz CT molecular complexity index is 947. The summed E-state index contributed by atoms with van der Waals surface area (Å²) in [5, 5.41) is 0.873. The molecule has 0 bridgehead atoms. The number of rotatable bonds is 5. The van der Waals surface area contributed by atoms with Crippen molar-refractivity contribution in [3.63, 3.8) is 0 Å². The number of carbonyl (C=O) groups excluding carboxylic acids is 1. The van der Waals surface area contributed by atoms with Gasteiger partial charge in [0.15, 0.2) is 0 Å². The molecule has 0 radical (unpaired) electrons. The van der Waals surface area contributed by atoms with Crippen LogP contribution in [0.25, 0.3) is 0 Å². The van der Waals surface area contributed by atoms with Crippen LogP contribution in [0.4, 0.5) is 8.78 Å². The summed E-state index contributed by atoms with van der Waals surface area (Å²) in [7, 11) is 0. The highest BCUT2D eigenvalue weighted by molar-refractivity contribution is 6.35. The molecule has 138 valence electrons. The van der Waals surface area contributed by atoms with E-state index in [0.717, 1.165) is 23.8 Å². The molecule has 27 heavy (non-hydrogen) atoms. The van der Waals surface area contributed by atoms with E-state index in [1.54, 1.807) is 36.7 Å². The Kier molecular flexibility index (Phi) is 6.04. The number of amides is 1. The van der Waals surface area contributed by atoms with Crippen molar-refractivity contribution in [2.45, 2.75) is 13.1 Å². The Labute approximate surface area is 165 Å². The quantitative estimate of drug-likeness (QED) is 0.559. The van der Waals surface area contributed by atoms with Gasteiger partial charge in [-0.2, -0.15) is 0 Å². The van der Waals surface area contributed by atoms with Crippen molar-refractivity contribution in [1.82, 2.24) is 9.88 Å². The summed E-state index contributed by atoms with van der Waals surface area (Å²) in [6, 6.07) is 11.2. The monoisotopic (exact) mass is 406 g/mol. The van der Waals surface area contributed by atoms with Gasteiger partial charge in [-0.05, 0) is 41.5 Å². The summed E-state index contributed by atoms with van der Waals surface area (Å²) >= 11 is 12.1. The van der Waals surface area contributed by atoms with Crippen LogP contribution in [0, 0.1) is 11.6 Å². The molecular formula is C20H14Cl2F2N2O. The van der Waals surface area contributed by atoms with Crippen LogP contribution >= 0.6 is 23.2 Å². The average molecular weight is 407 g/mol. The van der Waals surface area contributed by atoms with Gasteiger partial charge >= 0.3 is 0 Å². The van der Waals surface area contributed by atoms with E-state index < -0.39 is 17.5 Å². The highest BCUT2D eigenvalue weighted by Crippen LogP contribution is 2.24. The summed E-state index contributed by atoms with van der Waals surface area (Å²) in [5.41, 5.74) is 1.35. The van der Waals surface area contributed by atoms with Gasteiger partial charge in [-0.15, -0.1) is 0 Å². The maximum Gasteiger partial charge on any atom is 0.254 e. The van der Waals surface area contributed by atoms with Crippen molar-refractivity contribution in [3.8, 4) is 0 Å². The van der Waals surface area contributed by atoms with Crippen LogP contribution in [0.1, 0.15) is 21.5 Å². The van der Waals surface area contributed by atoms with Crippen molar-refractivity contribution in [3.05, 3.63) is 99.3 Å². The second-order valence-electron chi connectivity index (χ2n) is 5.92. The van der Waals surface area contributed by atoms with Gasteiger partial charge in [-0.3, -0.25) is 9.78 Å². The molecule has 0 aliphatic rings. The molecule has 1 amide bonds. The smallest absolute Gasteiger partial charge is 0.254 e. The molecule has 1 aromatic heterocycles. The van der Waals surface area contributed by atoms with Crippen LogP contribution in [0.2, 0.25) is 10.0 Å². The Morgan fingerprint density at radius 2 is 1.74 bits per heavy atom. The lowest BCUT2D eigenvalue weighted by Gasteiger charge is -2.24. The first-order chi connectivity index (χ1) is 12.9. The summed E-state index contributed by atoms with van der Waals surface area (Å²) < 4.78 is 27.1. The van der Waals surface area contributed by atoms with Gasteiger partial charge in [0.05, 0.1) is 0 Å². The van der Waals surface area contributed by atoms with E-state index in [1.165, 1.54) is 4.90 Å². The molecule has 0 N–H and O–H groups in total. The van der Waals surface area contributed by atoms with Gasteiger partial charge in [0, 0.05) is 47.2 Å². The molecule has 2 aromatic carbocycles. The molecule has 1 heterocycles. The molecule has 0 spiro atoms. The number of carbonyl (C=O) groups is 1. The molecule has 0 aliphatic carbocycles. The molecule has 0 saturated heterocycles. The molecule has 3 rings (SSSR count). The maximum atomic E-state index is 13.6. The largest absolute Gasteiger partial charge is 0.330 e. The Morgan fingerprint density at radius 1 is 1.00 bits per heavy atom. The predicted octanol–water partition coefficient (Wildman–Crippen LogP) is 5.51. The summed E-state index contributed by atoms with van der Waals surface area (Å²) in [6.07, 6.45) is 3.24. The lowest BCUT2D eigenvalue weighted by Crippen LogP contribution is -2.30. The SMILES string of the molecule is O=C(c1cc(F)cc(F)c1)N(Cc1cccnc1)Cc1ccc(Cl)cc1Cl. The second-order valence-corrected chi connectivity index (χ2v) is 6.76. The lowest BCUT2D eigenvalue weighted by atomic mass is 10.1. The van der Waals surface area contributed by atoms with Crippen LogP contribution in [0.15, 0.2) is 60.9 Å². The minimum absolute atomic E-state index is 0.0820. The van der Waals surface area contributed by atoms with Crippen LogP contribution in [-0.2, 0) is 13.1 Å². The third-order valence-corrected chi connectivity index (χ3v) is 4.46. The summed E-state index contributed by atoms with van der Waals surface area (Å²) in [4.78, 5) is 18.4. The maximum absolute atomic E-state index is 13.6. The third-order valence-electron chi connectivity index (χ3n) is 3.87. The minimum Gasteiger partial charge on any atom is -0.330 e. The molecule has 0 unspecified atom stereocenters. The molecule has 0 saturated carbocycles. The van der Waals surface area contributed by atoms with Gasteiger partial charge in [0.2, 0.25) is 0 Å². The van der Waals surface area contributed by atoms with Crippen LogP contribution in [-0.4, -0.2) is 15.8 Å². The number of benzene rings is 2. The normalized spacial score (nSPS) is 10.7. The first-order valence-electron chi connectivity index (χ1n) is 8.00. The number of hydrogen-bond donors (Lipinski definition) is 0. The van der Waals surface area contributed by atoms with Crippen LogP contribution in [0.3, 0.4) is 0 Å². The summed E-state index contributed by atoms with van der Waals surface area (Å²) in [6.45, 7) is 0.339. The summed E-state index contributed by atoms with van der Waals surface area (Å²) in [5.74, 6) is -2.16. The van der Waals surface area contributed by atoms with Crippen molar-refractivity contribution in [1.29, 1.82) is 0 Å². The zero-order valence-corrected chi connectivity index (χ0v) is 15.5. The van der Waals surface area contributed by atoms with E-state index >= 15 is 0 Å². The number of halogens is 4. The van der Waals surface area contributed by atoms with E-state index in [1.807, 2.05) is 6.07 Å². The average Bonchev–Trinajstić information content (AvgIpc) is 2.62. The first kappa shape index (κ1) is 19.3. The highest BCUT2D eigenvalue weighted by Gasteiger charge is 2.19. The van der Waals surface area contributed by atoms with Gasteiger partial charge in [0.1, 0.15) is 11.6 Å². The first-order valence-corrected chi connectivity index (χ1v) is 8.76. The van der Waals surface area contributed by atoms with E-state index in [9.17, 15) is 13.6 Å². The standard InChI is InChI=1S/C20H14Cl2F2N2O/c21-16-4-3-14(19(22)8-16)12-26(11-13-2-1-5-25-10-13)20(27)15-6-17(23)9-18(24)7-15/h1-10H,11-12H2. The second kappa shape index (κ2) is 8.46. The van der Waals surface area contributed by atoms with Gasteiger partial charge < -0.3 is 4.90 Å². The van der Waals surface area contributed by atoms with Crippen molar-refractivity contribution < 1.29 is 13.6 Å². The Balaban J connectivity index is 1.94. The van der Waals surface area contributed by atoms with E-state index in [0.29, 0.717) is 15.6 Å². The predicted molar refractivity (Wildman–Crippen MR) is 101 cm³/mol. The van der Waals surface area contributed by atoms with Gasteiger partial charge in [0.25, 0.3) is 5.91 Å². The Hall–Kier alpha value is -2.50. The van der Waals surface area contributed by atoms with E-state index in [-0.39, 0.29) is 18.7 Å². The number of aromatic nitrogens is 1. The van der Waals surface area contributed by atoms with Crippen molar-refractivity contribution >= 4 is 29.1 Å². The van der Waals surface area contributed by atoms with E-state index in [4.69, 9.17) is 23.2 Å². The van der Waals surface area contributed by atoms with Crippen molar-refractivity contribution in [2.24, 2.45) is 0 Å². The molecule has 0 aliphatic heterocycles. The van der Waals surface area contributed by atoms with Crippen LogP contribution in [0.5, 0.6) is 0 Å². The van der Waals surface area contributed by atoms with Gasteiger partial charge in [-0.1, -0.05) is 35.3 Å². The third kappa shape index (κ3) is 5.02.